The standard InChI is InChI=1S/C27H26N4O8S/c1-2-38-21-11-13-22(14-12-21)40(36,37)30-25(15-18-16-28-24-6-4-3-5-23(18)24)27(33)39-17-26(32)29-19-7-9-20(10-8-19)31(34)35/h3-14,16,25,28,30H,2,15,17H2,1H3,(H,29,32)/t25-/m0/s1. The molecule has 0 radical (unpaired) electrons. The Morgan fingerprint density at radius 1 is 1.02 bits per heavy atom. The molecule has 4 aromatic rings. The van der Waals surface area contributed by atoms with Gasteiger partial charge in [0, 0.05) is 41.3 Å². The van der Waals surface area contributed by atoms with Gasteiger partial charge in [-0.25, -0.2) is 8.42 Å². The van der Waals surface area contributed by atoms with Gasteiger partial charge in [-0.05, 0) is 55.0 Å². The van der Waals surface area contributed by atoms with Gasteiger partial charge in [0.1, 0.15) is 11.8 Å². The van der Waals surface area contributed by atoms with Crippen molar-refractivity contribution in [3.63, 3.8) is 0 Å². The van der Waals surface area contributed by atoms with Crippen LogP contribution in [0.5, 0.6) is 5.75 Å². The first kappa shape index (κ1) is 28.3. The summed E-state index contributed by atoms with van der Waals surface area (Å²) in [6.45, 7) is 1.52. The number of sulfonamides is 1. The number of non-ortho nitro benzene ring substituents is 1. The number of anilines is 1. The van der Waals surface area contributed by atoms with Crippen LogP contribution in [0.2, 0.25) is 0 Å². The van der Waals surface area contributed by atoms with E-state index >= 15 is 0 Å². The number of rotatable bonds is 12. The summed E-state index contributed by atoms with van der Waals surface area (Å²) in [5.74, 6) is -1.17. The summed E-state index contributed by atoms with van der Waals surface area (Å²) in [6.07, 6.45) is 1.63. The van der Waals surface area contributed by atoms with Crippen molar-refractivity contribution >= 4 is 44.2 Å². The van der Waals surface area contributed by atoms with Crippen LogP contribution in [-0.4, -0.2) is 49.5 Å². The molecule has 0 fully saturated rings. The molecule has 1 aromatic heterocycles. The maximum atomic E-state index is 13.2. The lowest BCUT2D eigenvalue weighted by Gasteiger charge is -2.18. The van der Waals surface area contributed by atoms with E-state index in [1.54, 1.807) is 13.1 Å². The lowest BCUT2D eigenvalue weighted by atomic mass is 10.1. The minimum Gasteiger partial charge on any atom is -0.494 e. The van der Waals surface area contributed by atoms with Gasteiger partial charge in [-0.3, -0.25) is 19.7 Å². The van der Waals surface area contributed by atoms with Crippen molar-refractivity contribution in [2.45, 2.75) is 24.3 Å². The van der Waals surface area contributed by atoms with Gasteiger partial charge in [-0.2, -0.15) is 4.72 Å². The van der Waals surface area contributed by atoms with Gasteiger partial charge in [-0.15, -0.1) is 0 Å². The molecule has 0 spiro atoms. The normalized spacial score (nSPS) is 12.0. The fourth-order valence-corrected chi connectivity index (χ4v) is 5.12. The number of nitrogens with one attached hydrogen (secondary N) is 3. The van der Waals surface area contributed by atoms with Crippen LogP contribution in [0.1, 0.15) is 12.5 Å². The number of benzene rings is 3. The van der Waals surface area contributed by atoms with Gasteiger partial charge in [0.2, 0.25) is 10.0 Å². The van der Waals surface area contributed by atoms with Crippen LogP contribution in [0.15, 0.2) is 83.9 Å². The Labute approximate surface area is 229 Å². The first-order valence-corrected chi connectivity index (χ1v) is 13.7. The number of ether oxygens (including phenoxy) is 2. The van der Waals surface area contributed by atoms with Crippen molar-refractivity contribution in [2.75, 3.05) is 18.5 Å². The molecule has 0 saturated heterocycles. The molecule has 12 nitrogen and oxygen atoms in total. The van der Waals surface area contributed by atoms with E-state index in [4.69, 9.17) is 9.47 Å². The first-order chi connectivity index (χ1) is 19.2. The number of esters is 1. The molecule has 3 N–H and O–H groups in total. The Hall–Kier alpha value is -4.75. The predicted molar refractivity (Wildman–Crippen MR) is 146 cm³/mol. The number of fused-ring (bicyclic) bond motifs is 1. The Morgan fingerprint density at radius 2 is 1.73 bits per heavy atom. The van der Waals surface area contributed by atoms with Gasteiger partial charge in [0.15, 0.2) is 6.61 Å². The number of carbonyl (C=O) groups excluding carboxylic acids is 2. The molecular formula is C27H26N4O8S. The molecule has 13 heteroatoms. The molecular weight excluding hydrogens is 540 g/mol. The lowest BCUT2D eigenvalue weighted by molar-refractivity contribution is -0.384. The molecule has 1 heterocycles. The van der Waals surface area contributed by atoms with E-state index in [-0.39, 0.29) is 22.7 Å². The van der Waals surface area contributed by atoms with Crippen LogP contribution in [-0.2, 0) is 30.8 Å². The van der Waals surface area contributed by atoms with Crippen LogP contribution in [0, 0.1) is 10.1 Å². The molecule has 0 aliphatic carbocycles. The molecule has 0 aliphatic heterocycles. The summed E-state index contributed by atoms with van der Waals surface area (Å²) in [7, 11) is -4.16. The van der Waals surface area contributed by atoms with Crippen molar-refractivity contribution < 1.29 is 32.4 Å². The van der Waals surface area contributed by atoms with Gasteiger partial charge < -0.3 is 19.8 Å². The van der Waals surface area contributed by atoms with E-state index in [9.17, 15) is 28.1 Å². The van der Waals surface area contributed by atoms with Crippen LogP contribution < -0.4 is 14.8 Å². The van der Waals surface area contributed by atoms with Crippen LogP contribution in [0.25, 0.3) is 10.9 Å². The third kappa shape index (κ3) is 7.01. The third-order valence-corrected chi connectivity index (χ3v) is 7.32. The minimum absolute atomic E-state index is 0.0525. The van der Waals surface area contributed by atoms with Gasteiger partial charge in [0.05, 0.1) is 16.4 Å². The van der Waals surface area contributed by atoms with Crippen molar-refractivity contribution in [1.82, 2.24) is 9.71 Å². The number of carbonyl (C=O) groups is 2. The second-order valence-electron chi connectivity index (χ2n) is 8.60. The average molecular weight is 567 g/mol. The number of hydrogen-bond acceptors (Lipinski definition) is 8. The third-order valence-electron chi connectivity index (χ3n) is 5.83. The number of nitrogens with zero attached hydrogens (tertiary/aromatic N) is 1. The number of para-hydroxylation sites is 1. The second-order valence-corrected chi connectivity index (χ2v) is 10.3. The van der Waals surface area contributed by atoms with Crippen LogP contribution in [0.4, 0.5) is 11.4 Å². The fourth-order valence-electron chi connectivity index (χ4n) is 3.93. The molecule has 1 amide bonds. The number of aromatic nitrogens is 1. The van der Waals surface area contributed by atoms with Crippen molar-refractivity contribution in [2.24, 2.45) is 0 Å². The van der Waals surface area contributed by atoms with Gasteiger partial charge >= 0.3 is 5.97 Å². The van der Waals surface area contributed by atoms with Crippen molar-refractivity contribution in [3.05, 3.63) is 94.7 Å². The summed E-state index contributed by atoms with van der Waals surface area (Å²) in [5, 5.41) is 14.1. The largest absolute Gasteiger partial charge is 0.494 e. The number of amides is 1. The van der Waals surface area contributed by atoms with Crippen molar-refractivity contribution in [1.29, 1.82) is 0 Å². The number of H-pyrrole nitrogens is 1. The van der Waals surface area contributed by atoms with E-state index in [2.05, 4.69) is 15.0 Å². The molecule has 0 bridgehead atoms. The van der Waals surface area contributed by atoms with Gasteiger partial charge in [-0.1, -0.05) is 18.2 Å². The smallest absolute Gasteiger partial charge is 0.325 e. The fraction of sp³-hybridized carbons (Fsp3) is 0.185. The van der Waals surface area contributed by atoms with E-state index < -0.39 is 39.5 Å². The highest BCUT2D eigenvalue weighted by Crippen LogP contribution is 2.21. The average Bonchev–Trinajstić information content (AvgIpc) is 3.35. The molecule has 4 rings (SSSR count). The van der Waals surface area contributed by atoms with E-state index in [1.165, 1.54) is 48.5 Å². The maximum Gasteiger partial charge on any atom is 0.325 e. The van der Waals surface area contributed by atoms with E-state index in [1.807, 2.05) is 24.3 Å². The summed E-state index contributed by atoms with van der Waals surface area (Å²) >= 11 is 0. The monoisotopic (exact) mass is 566 g/mol. The van der Waals surface area contributed by atoms with Gasteiger partial charge in [0.25, 0.3) is 11.6 Å². The SMILES string of the molecule is CCOc1ccc(S(=O)(=O)N[C@@H](Cc2c[nH]c3ccccc23)C(=O)OCC(=O)Nc2ccc([N+](=O)[O-])cc2)cc1. The highest BCUT2D eigenvalue weighted by atomic mass is 32.2. The summed E-state index contributed by atoms with van der Waals surface area (Å²) in [5.41, 5.74) is 1.59. The molecule has 208 valence electrons. The molecule has 40 heavy (non-hydrogen) atoms. The Kier molecular flexibility index (Phi) is 8.76. The van der Waals surface area contributed by atoms with Crippen LogP contribution in [0.3, 0.4) is 0 Å². The molecule has 0 aliphatic rings. The maximum absolute atomic E-state index is 13.2. The number of nitro groups is 1. The molecule has 1 atom stereocenters. The van der Waals surface area contributed by atoms with Crippen LogP contribution >= 0.6 is 0 Å². The molecule has 3 aromatic carbocycles. The Balaban J connectivity index is 1.49. The number of hydrogen-bond donors (Lipinski definition) is 3. The number of nitro benzene ring substituents is 1. The second kappa shape index (κ2) is 12.4. The molecule has 0 unspecified atom stereocenters. The lowest BCUT2D eigenvalue weighted by Crippen LogP contribution is -2.44. The topological polar surface area (TPSA) is 170 Å². The first-order valence-electron chi connectivity index (χ1n) is 12.2. The molecule has 0 saturated carbocycles. The highest BCUT2D eigenvalue weighted by molar-refractivity contribution is 7.89. The number of aromatic amines is 1. The minimum atomic E-state index is -4.16. The summed E-state index contributed by atoms with van der Waals surface area (Å²) < 4.78 is 39.3. The summed E-state index contributed by atoms with van der Waals surface area (Å²) in [6, 6.07) is 16.8. The Morgan fingerprint density at radius 3 is 2.40 bits per heavy atom. The zero-order valence-corrected chi connectivity index (χ0v) is 22.1. The highest BCUT2D eigenvalue weighted by Gasteiger charge is 2.29. The Bertz CT molecular complexity index is 1620. The zero-order chi connectivity index (χ0) is 28.7. The van der Waals surface area contributed by atoms with Crippen molar-refractivity contribution in [3.8, 4) is 5.75 Å². The zero-order valence-electron chi connectivity index (χ0n) is 21.3. The predicted octanol–water partition coefficient (Wildman–Crippen LogP) is 3.55. The van der Waals surface area contributed by atoms with E-state index in [0.29, 0.717) is 17.9 Å². The summed E-state index contributed by atoms with van der Waals surface area (Å²) in [4.78, 5) is 38.7. The van der Waals surface area contributed by atoms with E-state index in [0.717, 1.165) is 10.9 Å². The quantitative estimate of drug-likeness (QED) is 0.133.